The van der Waals surface area contributed by atoms with Crippen LogP contribution < -0.4 is 0 Å². The number of amides is 3. The first-order chi connectivity index (χ1) is 11.6. The van der Waals surface area contributed by atoms with Crippen molar-refractivity contribution in [3.63, 3.8) is 0 Å². The van der Waals surface area contributed by atoms with Crippen molar-refractivity contribution >= 4 is 34.9 Å². The van der Waals surface area contributed by atoms with Crippen molar-refractivity contribution in [2.45, 2.75) is 19.3 Å². The summed E-state index contributed by atoms with van der Waals surface area (Å²) >= 11 is 0.735. The van der Waals surface area contributed by atoms with Gasteiger partial charge in [-0.15, -0.1) is 0 Å². The van der Waals surface area contributed by atoms with Gasteiger partial charge in [-0.3, -0.25) is 19.3 Å². The van der Waals surface area contributed by atoms with Gasteiger partial charge >= 0.3 is 0 Å². The predicted octanol–water partition coefficient (Wildman–Crippen LogP) is 2.87. The Morgan fingerprint density at radius 1 is 1.17 bits per heavy atom. The molecule has 7 heteroatoms. The maximum Gasteiger partial charge on any atom is 0.294 e. The molecule has 2 saturated heterocycles. The monoisotopic (exact) mass is 348 g/mol. The highest BCUT2D eigenvalue weighted by Gasteiger charge is 2.37. The Kier molecular flexibility index (Phi) is 4.99. The number of hydrogen-bond donors (Lipinski definition) is 0. The third-order valence-electron chi connectivity index (χ3n) is 4.07. The van der Waals surface area contributed by atoms with Crippen molar-refractivity contribution in [3.05, 3.63) is 40.6 Å². The molecule has 3 amide bonds. The van der Waals surface area contributed by atoms with Crippen molar-refractivity contribution in [1.29, 1.82) is 0 Å². The lowest BCUT2D eigenvalue weighted by Crippen LogP contribution is -2.44. The van der Waals surface area contributed by atoms with Crippen LogP contribution in [-0.4, -0.2) is 46.5 Å². The first-order valence-corrected chi connectivity index (χ1v) is 8.65. The van der Waals surface area contributed by atoms with Crippen LogP contribution in [0.5, 0.6) is 0 Å². The lowest BCUT2D eigenvalue weighted by atomic mass is 10.1. The number of hydrogen-bond acceptors (Lipinski definition) is 4. The summed E-state index contributed by atoms with van der Waals surface area (Å²) in [6.07, 6.45) is 4.34. The summed E-state index contributed by atoms with van der Waals surface area (Å²) in [4.78, 5) is 39.4. The minimum Gasteiger partial charge on any atom is -0.341 e. The van der Waals surface area contributed by atoms with Crippen LogP contribution in [-0.2, 0) is 9.59 Å². The van der Waals surface area contributed by atoms with Crippen LogP contribution in [0.15, 0.2) is 29.2 Å². The van der Waals surface area contributed by atoms with Gasteiger partial charge in [0.05, 0.1) is 4.91 Å². The van der Waals surface area contributed by atoms with Gasteiger partial charge in [-0.25, -0.2) is 4.39 Å². The molecule has 3 rings (SSSR count). The smallest absolute Gasteiger partial charge is 0.294 e. The van der Waals surface area contributed by atoms with Crippen LogP contribution in [0.3, 0.4) is 0 Å². The second kappa shape index (κ2) is 7.17. The molecule has 0 aliphatic carbocycles. The topological polar surface area (TPSA) is 57.7 Å². The van der Waals surface area contributed by atoms with Gasteiger partial charge in [0, 0.05) is 18.7 Å². The Bertz CT molecular complexity index is 714. The van der Waals surface area contributed by atoms with Crippen molar-refractivity contribution in [2.75, 3.05) is 19.6 Å². The fraction of sp³-hybridized carbons (Fsp3) is 0.353. The molecule has 0 bridgehead atoms. The van der Waals surface area contributed by atoms with Crippen molar-refractivity contribution in [2.24, 2.45) is 0 Å². The summed E-state index contributed by atoms with van der Waals surface area (Å²) in [5.74, 6) is -1.23. The van der Waals surface area contributed by atoms with E-state index in [0.29, 0.717) is 13.1 Å². The molecular formula is C17H17FN2O3S. The zero-order chi connectivity index (χ0) is 17.1. The molecule has 0 aromatic heterocycles. The van der Waals surface area contributed by atoms with E-state index in [1.54, 1.807) is 17.0 Å². The molecule has 0 saturated carbocycles. The minimum absolute atomic E-state index is 0.136. The van der Waals surface area contributed by atoms with Gasteiger partial charge in [-0.2, -0.15) is 0 Å². The number of nitrogens with zero attached hydrogens (tertiary/aromatic N) is 2. The third kappa shape index (κ3) is 3.51. The number of likely N-dealkylation sites (tertiary alicyclic amines) is 1. The molecule has 126 valence electrons. The molecule has 2 aliphatic rings. The van der Waals surface area contributed by atoms with Crippen LogP contribution in [0.2, 0.25) is 0 Å². The number of carbonyl (C=O) groups is 3. The molecule has 5 nitrogen and oxygen atoms in total. The Balaban J connectivity index is 1.72. The average molecular weight is 348 g/mol. The van der Waals surface area contributed by atoms with Gasteiger partial charge in [0.2, 0.25) is 5.91 Å². The molecular weight excluding hydrogens is 331 g/mol. The molecule has 24 heavy (non-hydrogen) atoms. The summed E-state index contributed by atoms with van der Waals surface area (Å²) in [6.45, 7) is 1.08. The Hall–Kier alpha value is -2.15. The van der Waals surface area contributed by atoms with E-state index in [-0.39, 0.29) is 22.9 Å². The second-order valence-corrected chi connectivity index (χ2v) is 6.72. The summed E-state index contributed by atoms with van der Waals surface area (Å²) in [5, 5.41) is -0.493. The number of piperidine rings is 1. The summed E-state index contributed by atoms with van der Waals surface area (Å²) in [7, 11) is 0. The Morgan fingerprint density at radius 3 is 2.58 bits per heavy atom. The number of halogens is 1. The van der Waals surface area contributed by atoms with Gasteiger partial charge in [-0.1, -0.05) is 18.2 Å². The van der Waals surface area contributed by atoms with E-state index in [4.69, 9.17) is 0 Å². The van der Waals surface area contributed by atoms with E-state index >= 15 is 0 Å². The van der Waals surface area contributed by atoms with E-state index in [1.165, 1.54) is 18.2 Å². The lowest BCUT2D eigenvalue weighted by molar-refractivity contribution is -0.136. The molecule has 0 spiro atoms. The quantitative estimate of drug-likeness (QED) is 0.788. The number of thioether (sulfide) groups is 1. The zero-order valence-electron chi connectivity index (χ0n) is 13.0. The molecule has 1 aromatic rings. The highest BCUT2D eigenvalue weighted by molar-refractivity contribution is 8.18. The minimum atomic E-state index is -0.543. The van der Waals surface area contributed by atoms with E-state index in [1.807, 2.05) is 0 Å². The largest absolute Gasteiger partial charge is 0.341 e. The highest BCUT2D eigenvalue weighted by atomic mass is 32.2. The fourth-order valence-electron chi connectivity index (χ4n) is 2.75. The zero-order valence-corrected chi connectivity index (χ0v) is 13.9. The number of rotatable bonds is 3. The van der Waals surface area contributed by atoms with Gasteiger partial charge in [0.15, 0.2) is 0 Å². The van der Waals surface area contributed by atoms with Crippen molar-refractivity contribution in [1.82, 2.24) is 9.80 Å². The summed E-state index contributed by atoms with van der Waals surface area (Å²) in [5.41, 5.74) is 0.241. The van der Waals surface area contributed by atoms with Crippen LogP contribution in [0.4, 0.5) is 9.18 Å². The second-order valence-electron chi connectivity index (χ2n) is 5.73. The standard InChI is InChI=1S/C17H17FN2O3S/c18-13-7-3-2-6-12(13)10-14-16(22)20(17(23)24-14)11-15(21)19-8-4-1-5-9-19/h2-3,6-7,10H,1,4-5,8-9,11H2/b14-10+. The van der Waals surface area contributed by atoms with Gasteiger partial charge in [0.1, 0.15) is 12.4 Å². The highest BCUT2D eigenvalue weighted by Crippen LogP contribution is 2.32. The predicted molar refractivity (Wildman–Crippen MR) is 89.5 cm³/mol. The van der Waals surface area contributed by atoms with Crippen molar-refractivity contribution < 1.29 is 18.8 Å². The number of imide groups is 1. The van der Waals surface area contributed by atoms with Crippen LogP contribution >= 0.6 is 11.8 Å². The van der Waals surface area contributed by atoms with E-state index < -0.39 is 17.0 Å². The molecule has 2 fully saturated rings. The Morgan fingerprint density at radius 2 is 1.88 bits per heavy atom. The van der Waals surface area contributed by atoms with Crippen LogP contribution in [0.25, 0.3) is 6.08 Å². The van der Waals surface area contributed by atoms with E-state index in [0.717, 1.165) is 35.9 Å². The van der Waals surface area contributed by atoms with E-state index in [2.05, 4.69) is 0 Å². The fourth-order valence-corrected chi connectivity index (χ4v) is 3.58. The first-order valence-electron chi connectivity index (χ1n) is 7.84. The lowest BCUT2D eigenvalue weighted by Gasteiger charge is -2.27. The maximum absolute atomic E-state index is 13.7. The summed E-state index contributed by atoms with van der Waals surface area (Å²) in [6, 6.07) is 6.02. The van der Waals surface area contributed by atoms with Gasteiger partial charge in [0.25, 0.3) is 11.1 Å². The summed E-state index contributed by atoms with van der Waals surface area (Å²) < 4.78 is 13.7. The molecule has 2 aliphatic heterocycles. The SMILES string of the molecule is O=C(CN1C(=O)S/C(=C/c2ccccc2F)C1=O)N1CCCCC1. The molecule has 0 N–H and O–H groups in total. The Labute approximate surface area is 143 Å². The molecule has 0 unspecified atom stereocenters. The molecule has 1 aromatic carbocycles. The molecule has 0 atom stereocenters. The normalized spacial score (nSPS) is 20.1. The van der Waals surface area contributed by atoms with Crippen LogP contribution in [0, 0.1) is 5.82 Å². The van der Waals surface area contributed by atoms with Crippen LogP contribution in [0.1, 0.15) is 24.8 Å². The first kappa shape index (κ1) is 16.7. The van der Waals surface area contributed by atoms with Crippen molar-refractivity contribution in [3.8, 4) is 0 Å². The molecule has 0 radical (unpaired) electrons. The van der Waals surface area contributed by atoms with Gasteiger partial charge in [-0.05, 0) is 43.2 Å². The van der Waals surface area contributed by atoms with Gasteiger partial charge < -0.3 is 4.90 Å². The van der Waals surface area contributed by atoms with E-state index in [9.17, 15) is 18.8 Å². The number of carbonyl (C=O) groups excluding carboxylic acids is 3. The maximum atomic E-state index is 13.7. The molecule has 2 heterocycles. The number of benzene rings is 1. The third-order valence-corrected chi connectivity index (χ3v) is 4.97. The average Bonchev–Trinajstić information content (AvgIpc) is 2.85.